The van der Waals surface area contributed by atoms with Gasteiger partial charge in [0.1, 0.15) is 6.04 Å². The summed E-state index contributed by atoms with van der Waals surface area (Å²) in [4.78, 5) is 47.6. The van der Waals surface area contributed by atoms with Gasteiger partial charge in [0.2, 0.25) is 5.91 Å². The number of carbonyl (C=O) groups is 3. The van der Waals surface area contributed by atoms with Crippen molar-refractivity contribution in [2.45, 2.75) is 44.2 Å². The molecule has 0 saturated carbocycles. The van der Waals surface area contributed by atoms with Crippen LogP contribution in [0.3, 0.4) is 0 Å². The molecule has 1 atom stereocenters. The SMILES string of the molecule is CCCC(=O)ON1CCC(C(=O)N2CCN3C(=O)OC(c4ccccc4)(c4ccccc4)C3C2)CC1. The van der Waals surface area contributed by atoms with Crippen molar-refractivity contribution in [3.05, 3.63) is 71.8 Å². The lowest BCUT2D eigenvalue weighted by atomic mass is 9.79. The maximum absolute atomic E-state index is 13.6. The fraction of sp³-hybridized carbons (Fsp3) is 0.464. The van der Waals surface area contributed by atoms with Crippen molar-refractivity contribution in [1.82, 2.24) is 14.9 Å². The summed E-state index contributed by atoms with van der Waals surface area (Å²) in [6, 6.07) is 19.3. The lowest BCUT2D eigenvalue weighted by molar-refractivity contribution is -0.197. The molecule has 0 spiro atoms. The zero-order valence-corrected chi connectivity index (χ0v) is 20.7. The summed E-state index contributed by atoms with van der Waals surface area (Å²) in [7, 11) is 0. The predicted molar refractivity (Wildman–Crippen MR) is 133 cm³/mol. The van der Waals surface area contributed by atoms with Crippen molar-refractivity contribution >= 4 is 18.0 Å². The highest BCUT2D eigenvalue weighted by Gasteiger charge is 2.58. The Bertz CT molecular complexity index is 1050. The molecule has 0 radical (unpaired) electrons. The van der Waals surface area contributed by atoms with E-state index in [0.717, 1.165) is 17.5 Å². The second-order valence-corrected chi connectivity index (χ2v) is 9.75. The number of benzene rings is 2. The zero-order chi connectivity index (χ0) is 25.1. The minimum atomic E-state index is -0.991. The van der Waals surface area contributed by atoms with Crippen LogP contribution in [0.4, 0.5) is 4.79 Å². The topological polar surface area (TPSA) is 79.4 Å². The molecule has 0 bridgehead atoms. The van der Waals surface area contributed by atoms with Crippen LogP contribution in [0.1, 0.15) is 43.7 Å². The summed E-state index contributed by atoms with van der Waals surface area (Å²) < 4.78 is 6.21. The molecular formula is C28H33N3O5. The first-order chi connectivity index (χ1) is 17.5. The zero-order valence-electron chi connectivity index (χ0n) is 20.7. The van der Waals surface area contributed by atoms with Crippen LogP contribution in [0.5, 0.6) is 0 Å². The van der Waals surface area contributed by atoms with Crippen LogP contribution in [-0.4, -0.2) is 71.6 Å². The standard InChI is InChI=1S/C28H33N3O5/c1-2-9-25(32)36-30-16-14-21(15-17-30)26(33)29-18-19-31-24(20-29)28(35-27(31)34,22-10-5-3-6-11-22)23-12-7-4-8-13-23/h3-8,10-13,21,24H,2,9,14-20H2,1H3. The Hall–Kier alpha value is -3.39. The molecule has 3 aliphatic rings. The Morgan fingerprint density at radius 1 is 0.944 bits per heavy atom. The highest BCUT2D eigenvalue weighted by Crippen LogP contribution is 2.46. The number of hydrogen-bond donors (Lipinski definition) is 0. The first-order valence-corrected chi connectivity index (χ1v) is 12.9. The van der Waals surface area contributed by atoms with E-state index in [0.29, 0.717) is 52.0 Å². The van der Waals surface area contributed by atoms with E-state index in [1.807, 2.05) is 72.5 Å². The Labute approximate surface area is 211 Å². The van der Waals surface area contributed by atoms with Crippen molar-refractivity contribution in [3.8, 4) is 0 Å². The Morgan fingerprint density at radius 3 is 2.14 bits per heavy atom. The molecule has 3 saturated heterocycles. The van der Waals surface area contributed by atoms with Crippen LogP contribution < -0.4 is 0 Å². The van der Waals surface area contributed by atoms with Gasteiger partial charge >= 0.3 is 12.1 Å². The van der Waals surface area contributed by atoms with Crippen LogP contribution in [0, 0.1) is 5.92 Å². The van der Waals surface area contributed by atoms with E-state index in [2.05, 4.69) is 0 Å². The first-order valence-electron chi connectivity index (χ1n) is 12.9. The van der Waals surface area contributed by atoms with Crippen LogP contribution >= 0.6 is 0 Å². The van der Waals surface area contributed by atoms with Crippen LogP contribution in [0.15, 0.2) is 60.7 Å². The summed E-state index contributed by atoms with van der Waals surface area (Å²) in [5, 5.41) is 1.68. The number of piperazine rings is 1. The third-order valence-electron chi connectivity index (χ3n) is 7.54. The fourth-order valence-electron chi connectivity index (χ4n) is 5.70. The van der Waals surface area contributed by atoms with Gasteiger partial charge in [0.05, 0.1) is 0 Å². The number of cyclic esters (lactones) is 1. The largest absolute Gasteiger partial charge is 0.431 e. The minimum Gasteiger partial charge on any atom is -0.431 e. The third-order valence-corrected chi connectivity index (χ3v) is 7.54. The highest BCUT2D eigenvalue weighted by atomic mass is 16.7. The molecule has 3 heterocycles. The van der Waals surface area contributed by atoms with Crippen molar-refractivity contribution in [2.75, 3.05) is 32.7 Å². The predicted octanol–water partition coefficient (Wildman–Crippen LogP) is 3.56. The number of hydroxylamine groups is 2. The lowest BCUT2D eigenvalue weighted by Crippen LogP contribution is -2.59. The van der Waals surface area contributed by atoms with Gasteiger partial charge in [0.25, 0.3) is 0 Å². The maximum atomic E-state index is 13.6. The Kier molecular flexibility index (Phi) is 6.96. The van der Waals surface area contributed by atoms with Gasteiger partial charge in [-0.25, -0.2) is 4.79 Å². The fourth-order valence-corrected chi connectivity index (χ4v) is 5.70. The van der Waals surface area contributed by atoms with E-state index < -0.39 is 5.60 Å². The molecule has 0 N–H and O–H groups in total. The van der Waals surface area contributed by atoms with E-state index >= 15 is 0 Å². The van der Waals surface area contributed by atoms with E-state index in [9.17, 15) is 14.4 Å². The number of fused-ring (bicyclic) bond motifs is 1. The molecule has 2 amide bonds. The lowest BCUT2D eigenvalue weighted by Gasteiger charge is -2.43. The Morgan fingerprint density at radius 2 is 1.56 bits per heavy atom. The summed E-state index contributed by atoms with van der Waals surface area (Å²) in [5.41, 5.74) is 0.803. The average Bonchev–Trinajstić information content (AvgIpc) is 3.22. The molecule has 8 heteroatoms. The van der Waals surface area contributed by atoms with E-state index in [4.69, 9.17) is 9.57 Å². The number of amides is 2. The quantitative estimate of drug-likeness (QED) is 0.615. The molecule has 2 aromatic carbocycles. The monoisotopic (exact) mass is 491 g/mol. The number of rotatable bonds is 6. The molecule has 0 aromatic heterocycles. The normalized spacial score (nSPS) is 22.1. The average molecular weight is 492 g/mol. The van der Waals surface area contributed by atoms with Gasteiger partial charge in [-0.05, 0) is 19.3 Å². The molecule has 2 aromatic rings. The molecule has 1 unspecified atom stereocenters. The van der Waals surface area contributed by atoms with Gasteiger partial charge in [-0.2, -0.15) is 0 Å². The molecule has 8 nitrogen and oxygen atoms in total. The summed E-state index contributed by atoms with van der Waals surface area (Å²) >= 11 is 0. The molecule has 190 valence electrons. The number of carbonyl (C=O) groups excluding carboxylic acids is 3. The maximum Gasteiger partial charge on any atom is 0.411 e. The number of ether oxygens (including phenoxy) is 1. The van der Waals surface area contributed by atoms with Gasteiger partial charge < -0.3 is 14.5 Å². The summed E-state index contributed by atoms with van der Waals surface area (Å²) in [5.74, 6) is -0.246. The van der Waals surface area contributed by atoms with Crippen molar-refractivity contribution in [1.29, 1.82) is 0 Å². The molecule has 0 aliphatic carbocycles. The number of nitrogens with zero attached hydrogens (tertiary/aromatic N) is 3. The second kappa shape index (κ2) is 10.3. The van der Waals surface area contributed by atoms with Crippen molar-refractivity contribution in [3.63, 3.8) is 0 Å². The number of piperidine rings is 1. The highest BCUT2D eigenvalue weighted by molar-refractivity contribution is 5.80. The van der Waals surface area contributed by atoms with Gasteiger partial charge in [0, 0.05) is 56.2 Å². The molecular weight excluding hydrogens is 458 g/mol. The molecule has 5 rings (SSSR count). The number of hydrogen-bond acceptors (Lipinski definition) is 6. The van der Waals surface area contributed by atoms with Gasteiger partial charge in [-0.3, -0.25) is 14.5 Å². The molecule has 3 aliphatic heterocycles. The van der Waals surface area contributed by atoms with E-state index in [-0.39, 0.29) is 29.9 Å². The van der Waals surface area contributed by atoms with Crippen molar-refractivity contribution in [2.24, 2.45) is 5.92 Å². The van der Waals surface area contributed by atoms with Crippen molar-refractivity contribution < 1.29 is 24.0 Å². The van der Waals surface area contributed by atoms with Gasteiger partial charge in [0.15, 0.2) is 5.60 Å². The summed E-state index contributed by atoms with van der Waals surface area (Å²) in [6.45, 7) is 4.36. The summed E-state index contributed by atoms with van der Waals surface area (Å²) in [6.07, 6.45) is 2.08. The minimum absolute atomic E-state index is 0.101. The van der Waals surface area contributed by atoms with E-state index in [1.165, 1.54) is 0 Å². The smallest absolute Gasteiger partial charge is 0.411 e. The second-order valence-electron chi connectivity index (χ2n) is 9.75. The van der Waals surface area contributed by atoms with Gasteiger partial charge in [-0.1, -0.05) is 67.6 Å². The van der Waals surface area contributed by atoms with Crippen LogP contribution in [0.2, 0.25) is 0 Å². The van der Waals surface area contributed by atoms with Crippen LogP contribution in [0.25, 0.3) is 0 Å². The van der Waals surface area contributed by atoms with Crippen LogP contribution in [-0.2, 0) is 24.8 Å². The molecule has 3 fully saturated rings. The molecule has 36 heavy (non-hydrogen) atoms. The third kappa shape index (κ3) is 4.46. The van der Waals surface area contributed by atoms with Gasteiger partial charge in [-0.15, -0.1) is 5.06 Å². The first kappa shape index (κ1) is 24.3. The Balaban J connectivity index is 1.34. The van der Waals surface area contributed by atoms with E-state index in [1.54, 1.807) is 9.96 Å².